The molecule has 0 fully saturated rings. The van der Waals surface area contributed by atoms with E-state index in [2.05, 4.69) is 15.4 Å². The number of rotatable bonds is 5. The number of ether oxygens (including phenoxy) is 1. The van der Waals surface area contributed by atoms with Gasteiger partial charge in [0.15, 0.2) is 5.65 Å². The Morgan fingerprint density at radius 3 is 2.56 bits per heavy atom. The summed E-state index contributed by atoms with van der Waals surface area (Å²) in [6, 6.07) is 8.39. The molecule has 3 aromatic rings. The molecule has 1 N–H and O–H groups in total. The molecule has 0 saturated carbocycles. The van der Waals surface area contributed by atoms with Gasteiger partial charge in [-0.25, -0.2) is 9.78 Å². The fourth-order valence-corrected chi connectivity index (χ4v) is 2.92. The van der Waals surface area contributed by atoms with Gasteiger partial charge in [-0.3, -0.25) is 9.48 Å². The van der Waals surface area contributed by atoms with Crippen LogP contribution in [0.4, 0.5) is 5.69 Å². The molecule has 2 heterocycles. The van der Waals surface area contributed by atoms with E-state index in [0.717, 1.165) is 23.2 Å². The van der Waals surface area contributed by atoms with Gasteiger partial charge in [-0.2, -0.15) is 5.10 Å². The number of aryl methyl sites for hydroxylation is 3. The second-order valence-electron chi connectivity index (χ2n) is 6.39. The summed E-state index contributed by atoms with van der Waals surface area (Å²) in [5, 5.41) is 7.96. The molecular weight excluding hydrogens is 344 g/mol. The summed E-state index contributed by atoms with van der Waals surface area (Å²) in [4.78, 5) is 29.2. The van der Waals surface area contributed by atoms with Gasteiger partial charge < -0.3 is 10.1 Å². The topological polar surface area (TPSA) is 86.1 Å². The van der Waals surface area contributed by atoms with Crippen molar-refractivity contribution in [2.75, 3.05) is 11.9 Å². The molecule has 7 nitrogen and oxygen atoms in total. The molecule has 0 unspecified atom stereocenters. The van der Waals surface area contributed by atoms with Gasteiger partial charge in [-0.05, 0) is 50.6 Å². The third-order valence-corrected chi connectivity index (χ3v) is 4.16. The highest BCUT2D eigenvalue weighted by Crippen LogP contribution is 2.23. The van der Waals surface area contributed by atoms with E-state index >= 15 is 0 Å². The quantitative estimate of drug-likeness (QED) is 0.700. The highest BCUT2D eigenvalue weighted by Gasteiger charge is 2.18. The maximum Gasteiger partial charge on any atom is 0.338 e. The first kappa shape index (κ1) is 18.6. The van der Waals surface area contributed by atoms with Crippen molar-refractivity contribution in [3.8, 4) is 0 Å². The van der Waals surface area contributed by atoms with Gasteiger partial charge in [-0.15, -0.1) is 0 Å². The summed E-state index contributed by atoms with van der Waals surface area (Å²) in [6.07, 6.45) is 0.771. The van der Waals surface area contributed by atoms with Crippen molar-refractivity contribution >= 4 is 28.6 Å². The smallest absolute Gasteiger partial charge is 0.338 e. The second kappa shape index (κ2) is 7.57. The van der Waals surface area contributed by atoms with Gasteiger partial charge in [0, 0.05) is 18.4 Å². The predicted octanol–water partition coefficient (Wildman–Crippen LogP) is 3.40. The van der Waals surface area contributed by atoms with Gasteiger partial charge in [0.25, 0.3) is 5.91 Å². The first-order chi connectivity index (χ1) is 12.9. The number of carbonyl (C=O) groups is 2. The van der Waals surface area contributed by atoms with Gasteiger partial charge in [0.2, 0.25) is 0 Å². The Balaban J connectivity index is 1.84. The van der Waals surface area contributed by atoms with Crippen LogP contribution in [0.3, 0.4) is 0 Å². The van der Waals surface area contributed by atoms with Crippen LogP contribution in [0.25, 0.3) is 11.0 Å². The Hall–Kier alpha value is -3.22. The zero-order chi connectivity index (χ0) is 19.6. The number of esters is 1. The molecule has 0 radical (unpaired) electrons. The van der Waals surface area contributed by atoms with Crippen molar-refractivity contribution in [2.24, 2.45) is 7.05 Å². The summed E-state index contributed by atoms with van der Waals surface area (Å²) < 4.78 is 6.77. The zero-order valence-corrected chi connectivity index (χ0v) is 15.9. The molecule has 140 valence electrons. The van der Waals surface area contributed by atoms with Crippen molar-refractivity contribution in [3.63, 3.8) is 0 Å². The third kappa shape index (κ3) is 3.81. The lowest BCUT2D eigenvalue weighted by atomic mass is 10.1. The van der Waals surface area contributed by atoms with Gasteiger partial charge >= 0.3 is 5.97 Å². The van der Waals surface area contributed by atoms with E-state index in [1.165, 1.54) is 0 Å². The summed E-state index contributed by atoms with van der Waals surface area (Å²) in [5.41, 5.74) is 3.73. The third-order valence-electron chi connectivity index (χ3n) is 4.16. The molecule has 0 aliphatic heterocycles. The van der Waals surface area contributed by atoms with Gasteiger partial charge in [0.1, 0.15) is 0 Å². The molecule has 1 aromatic carbocycles. The number of fused-ring (bicyclic) bond motifs is 1. The maximum absolute atomic E-state index is 12.8. The van der Waals surface area contributed by atoms with Crippen LogP contribution in [0.15, 0.2) is 30.3 Å². The molecule has 2 aromatic heterocycles. The molecule has 1 amide bonds. The molecule has 0 spiro atoms. The lowest BCUT2D eigenvalue weighted by molar-refractivity contribution is 0.0505. The first-order valence-corrected chi connectivity index (χ1v) is 8.80. The Morgan fingerprint density at radius 2 is 1.89 bits per heavy atom. The number of carbonyl (C=O) groups excluding carboxylic acids is 2. The van der Waals surface area contributed by atoms with E-state index in [9.17, 15) is 9.59 Å². The molecular formula is C20H22N4O3. The lowest BCUT2D eigenvalue weighted by Gasteiger charge is -2.09. The molecule has 0 aliphatic rings. The monoisotopic (exact) mass is 366 g/mol. The Labute approximate surface area is 157 Å². The number of hydrogen-bond acceptors (Lipinski definition) is 5. The molecule has 0 aliphatic carbocycles. The van der Waals surface area contributed by atoms with Crippen molar-refractivity contribution in [3.05, 3.63) is 52.8 Å². The minimum atomic E-state index is -0.368. The van der Waals surface area contributed by atoms with Crippen molar-refractivity contribution in [1.82, 2.24) is 14.8 Å². The average molecular weight is 366 g/mol. The second-order valence-corrected chi connectivity index (χ2v) is 6.39. The number of benzene rings is 1. The van der Waals surface area contributed by atoms with Crippen LogP contribution in [-0.2, 0) is 11.8 Å². The van der Waals surface area contributed by atoms with E-state index in [-0.39, 0.29) is 11.9 Å². The van der Waals surface area contributed by atoms with Crippen LogP contribution in [0.1, 0.15) is 45.4 Å². The summed E-state index contributed by atoms with van der Waals surface area (Å²) in [7, 11) is 1.81. The van der Waals surface area contributed by atoms with Crippen LogP contribution in [0.2, 0.25) is 0 Å². The summed E-state index contributed by atoms with van der Waals surface area (Å²) in [6.45, 7) is 6.02. The predicted molar refractivity (Wildman–Crippen MR) is 103 cm³/mol. The van der Waals surface area contributed by atoms with E-state index in [0.29, 0.717) is 29.1 Å². The van der Waals surface area contributed by atoms with Crippen molar-refractivity contribution < 1.29 is 14.3 Å². The highest BCUT2D eigenvalue weighted by atomic mass is 16.5. The number of nitrogens with one attached hydrogen (secondary N) is 1. The van der Waals surface area contributed by atoms with E-state index in [1.54, 1.807) is 42.1 Å². The summed E-state index contributed by atoms with van der Waals surface area (Å²) >= 11 is 0. The largest absolute Gasteiger partial charge is 0.462 e. The molecule has 27 heavy (non-hydrogen) atoms. The normalized spacial score (nSPS) is 10.8. The van der Waals surface area contributed by atoms with Gasteiger partial charge in [-0.1, -0.05) is 6.92 Å². The van der Waals surface area contributed by atoms with E-state index in [4.69, 9.17) is 4.74 Å². The number of anilines is 1. The Kier molecular flexibility index (Phi) is 5.21. The number of amides is 1. The number of aromatic nitrogens is 3. The highest BCUT2D eigenvalue weighted by molar-refractivity contribution is 6.12. The minimum Gasteiger partial charge on any atom is -0.462 e. The van der Waals surface area contributed by atoms with E-state index in [1.807, 2.05) is 20.8 Å². The Bertz CT molecular complexity index is 1010. The molecule has 7 heteroatoms. The molecule has 0 atom stereocenters. The van der Waals surface area contributed by atoms with Crippen LogP contribution in [0.5, 0.6) is 0 Å². The molecule has 3 rings (SSSR count). The van der Waals surface area contributed by atoms with Crippen LogP contribution < -0.4 is 5.32 Å². The van der Waals surface area contributed by atoms with Gasteiger partial charge in [0.05, 0.1) is 28.8 Å². The maximum atomic E-state index is 12.8. The fourth-order valence-electron chi connectivity index (χ4n) is 2.92. The van der Waals surface area contributed by atoms with Crippen molar-refractivity contribution in [1.29, 1.82) is 0 Å². The SMILES string of the molecule is CCCOC(=O)c1ccc(NC(=O)c2cc(C)nc3c2c(C)nn3C)cc1. The van der Waals surface area contributed by atoms with Crippen molar-refractivity contribution in [2.45, 2.75) is 27.2 Å². The summed E-state index contributed by atoms with van der Waals surface area (Å²) in [5.74, 6) is -0.616. The Morgan fingerprint density at radius 1 is 1.19 bits per heavy atom. The van der Waals surface area contributed by atoms with Crippen LogP contribution in [-0.4, -0.2) is 33.2 Å². The minimum absolute atomic E-state index is 0.247. The number of nitrogens with zero attached hydrogens (tertiary/aromatic N) is 3. The van der Waals surface area contributed by atoms with Crippen LogP contribution >= 0.6 is 0 Å². The number of pyridine rings is 1. The lowest BCUT2D eigenvalue weighted by Crippen LogP contribution is -2.13. The fraction of sp³-hybridized carbons (Fsp3) is 0.300. The first-order valence-electron chi connectivity index (χ1n) is 8.80. The van der Waals surface area contributed by atoms with Crippen LogP contribution in [0, 0.1) is 13.8 Å². The van der Waals surface area contributed by atoms with E-state index < -0.39 is 0 Å². The molecule has 0 bridgehead atoms. The zero-order valence-electron chi connectivity index (χ0n) is 15.9. The molecule has 0 saturated heterocycles. The average Bonchev–Trinajstić information content (AvgIpc) is 2.93. The standard InChI is InChI=1S/C20H22N4O3/c1-5-10-27-20(26)14-6-8-15(9-7-14)22-19(25)16-11-12(2)21-18-17(16)13(3)23-24(18)4/h6-9,11H,5,10H2,1-4H3,(H,22,25). The number of hydrogen-bond donors (Lipinski definition) is 1.